The van der Waals surface area contributed by atoms with E-state index in [0.717, 1.165) is 6.16 Å². The van der Waals surface area contributed by atoms with E-state index in [1.165, 1.54) is 51.9 Å². The lowest BCUT2D eigenvalue weighted by molar-refractivity contribution is -0.00000832. The van der Waals surface area contributed by atoms with Crippen LogP contribution in [0.25, 0.3) is 0 Å². The molecule has 2 heteroatoms. The van der Waals surface area contributed by atoms with Crippen LogP contribution in [0.3, 0.4) is 0 Å². The monoisotopic (exact) mass is 566 g/mol. The first-order chi connectivity index (χ1) is 18.8. The van der Waals surface area contributed by atoms with Gasteiger partial charge in [-0.25, -0.2) is 0 Å². The van der Waals surface area contributed by atoms with E-state index in [4.69, 9.17) is 0 Å². The minimum absolute atomic E-state index is 0. The van der Waals surface area contributed by atoms with Crippen LogP contribution in [0.1, 0.15) is 53.9 Å². The molecule has 0 bridgehead atoms. The third-order valence-electron chi connectivity index (χ3n) is 8.05. The lowest BCUT2D eigenvalue weighted by Gasteiger charge is -2.32. The molecule has 0 N–H and O–H groups in total. The van der Waals surface area contributed by atoms with Crippen LogP contribution in [0.4, 0.5) is 0 Å². The van der Waals surface area contributed by atoms with Crippen LogP contribution in [-0.2, 0) is 0 Å². The SMILES string of the molecule is CC(C=CC1=C(C)CCCC1(C)C)=CC=CC(C)=CC[P+](c1ccccc1)(c1ccccc1)c1ccccc1.[Cl-]. The minimum Gasteiger partial charge on any atom is -1.00 e. The second-order valence-corrected chi connectivity index (χ2v) is 15.0. The molecule has 3 aromatic rings. The molecule has 0 unspecified atom stereocenters. The first-order valence-corrected chi connectivity index (χ1v) is 16.3. The highest BCUT2D eigenvalue weighted by atomic mass is 35.5. The number of hydrogen-bond donors (Lipinski definition) is 0. The molecule has 4 rings (SSSR count). The van der Waals surface area contributed by atoms with Gasteiger partial charge in [-0.3, -0.25) is 0 Å². The Bertz CT molecular complexity index is 1280. The summed E-state index contributed by atoms with van der Waals surface area (Å²) in [4.78, 5) is 0. The Morgan fingerprint density at radius 2 is 1.25 bits per heavy atom. The van der Waals surface area contributed by atoms with E-state index in [1.807, 2.05) is 0 Å². The highest BCUT2D eigenvalue weighted by Crippen LogP contribution is 2.55. The Balaban J connectivity index is 0.00000441. The highest BCUT2D eigenvalue weighted by Gasteiger charge is 2.44. The molecular formula is C38H44ClP. The maximum absolute atomic E-state index is 2.44. The molecule has 208 valence electrons. The second kappa shape index (κ2) is 14.6. The van der Waals surface area contributed by atoms with Gasteiger partial charge < -0.3 is 12.4 Å². The first kappa shape index (κ1) is 31.6. The number of hydrogen-bond acceptors (Lipinski definition) is 0. The van der Waals surface area contributed by atoms with Gasteiger partial charge in [-0.05, 0) is 93.5 Å². The molecule has 1 aliphatic rings. The molecular weight excluding hydrogens is 523 g/mol. The van der Waals surface area contributed by atoms with Gasteiger partial charge in [0.2, 0.25) is 0 Å². The van der Waals surface area contributed by atoms with Crippen LogP contribution < -0.4 is 28.3 Å². The van der Waals surface area contributed by atoms with Crippen molar-refractivity contribution in [3.63, 3.8) is 0 Å². The van der Waals surface area contributed by atoms with Crippen molar-refractivity contribution in [2.24, 2.45) is 5.41 Å². The topological polar surface area (TPSA) is 0 Å². The average molecular weight is 567 g/mol. The van der Waals surface area contributed by atoms with E-state index < -0.39 is 7.26 Å². The molecule has 0 saturated carbocycles. The first-order valence-electron chi connectivity index (χ1n) is 14.3. The summed E-state index contributed by atoms with van der Waals surface area (Å²) in [5.41, 5.74) is 5.92. The van der Waals surface area contributed by atoms with E-state index in [1.54, 1.807) is 5.57 Å². The van der Waals surface area contributed by atoms with Gasteiger partial charge in [0, 0.05) is 0 Å². The minimum atomic E-state index is -1.85. The fourth-order valence-electron chi connectivity index (χ4n) is 5.79. The van der Waals surface area contributed by atoms with Crippen LogP contribution in [0.5, 0.6) is 0 Å². The standard InChI is InChI=1S/C38H44P.ClH/c1-31(26-27-37-33(3)19-16-29-38(37,4)5)17-15-18-32(2)28-30-39(34-20-9-6-10-21-34,35-22-11-7-12-23-35)36-24-13-8-14-25-36;/h6-15,17-18,20-28H,16,19,29-30H2,1-5H3;1H/q+1;/p-1. The zero-order valence-corrected chi connectivity index (χ0v) is 26.4. The summed E-state index contributed by atoms with van der Waals surface area (Å²) in [5, 5.41) is 4.27. The zero-order chi connectivity index (χ0) is 27.7. The average Bonchev–Trinajstić information content (AvgIpc) is 2.94. The van der Waals surface area contributed by atoms with E-state index in [9.17, 15) is 0 Å². The van der Waals surface area contributed by atoms with Gasteiger partial charge in [0.1, 0.15) is 23.2 Å². The molecule has 0 aliphatic heterocycles. The maximum Gasteiger partial charge on any atom is 0.115 e. The molecule has 0 amide bonds. The van der Waals surface area contributed by atoms with Crippen LogP contribution in [0.15, 0.2) is 150 Å². The molecule has 0 radical (unpaired) electrons. The van der Waals surface area contributed by atoms with E-state index in [0.29, 0.717) is 0 Å². The van der Waals surface area contributed by atoms with Crippen LogP contribution in [-0.4, -0.2) is 6.16 Å². The molecule has 3 aromatic carbocycles. The number of halogens is 1. The zero-order valence-electron chi connectivity index (χ0n) is 24.8. The van der Waals surface area contributed by atoms with Gasteiger partial charge in [0.25, 0.3) is 0 Å². The normalized spacial score (nSPS) is 16.4. The molecule has 0 heterocycles. The molecule has 0 aromatic heterocycles. The summed E-state index contributed by atoms with van der Waals surface area (Å²) < 4.78 is 0. The van der Waals surface area contributed by atoms with E-state index in [2.05, 4.69) is 162 Å². The van der Waals surface area contributed by atoms with Crippen molar-refractivity contribution in [3.05, 3.63) is 150 Å². The number of allylic oxidation sites excluding steroid dienone is 10. The largest absolute Gasteiger partial charge is 1.00 e. The van der Waals surface area contributed by atoms with Crippen molar-refractivity contribution in [1.82, 2.24) is 0 Å². The molecule has 0 saturated heterocycles. The lowest BCUT2D eigenvalue weighted by Crippen LogP contribution is -3.00. The van der Waals surface area contributed by atoms with Crippen LogP contribution in [0, 0.1) is 5.41 Å². The predicted octanol–water partition coefficient (Wildman–Crippen LogP) is 6.52. The Morgan fingerprint density at radius 3 is 1.73 bits per heavy atom. The van der Waals surface area contributed by atoms with Crippen LogP contribution in [0.2, 0.25) is 0 Å². The summed E-state index contributed by atoms with van der Waals surface area (Å²) in [7, 11) is -1.85. The third kappa shape index (κ3) is 7.63. The van der Waals surface area contributed by atoms with Crippen molar-refractivity contribution < 1.29 is 12.4 Å². The summed E-state index contributed by atoms with van der Waals surface area (Å²) in [6, 6.07) is 33.3. The summed E-state index contributed by atoms with van der Waals surface area (Å²) in [6.45, 7) is 11.5. The van der Waals surface area contributed by atoms with Gasteiger partial charge in [0.05, 0.1) is 6.16 Å². The maximum atomic E-state index is 2.44. The fourth-order valence-corrected chi connectivity index (χ4v) is 9.92. The molecule has 0 atom stereocenters. The van der Waals surface area contributed by atoms with Crippen LogP contribution >= 0.6 is 7.26 Å². The molecule has 0 nitrogen and oxygen atoms in total. The van der Waals surface area contributed by atoms with Crippen molar-refractivity contribution >= 4 is 23.2 Å². The Labute approximate surface area is 250 Å². The Morgan fingerprint density at radius 1 is 0.750 bits per heavy atom. The fraction of sp³-hybridized carbons (Fsp3) is 0.263. The van der Waals surface area contributed by atoms with Crippen molar-refractivity contribution in [1.29, 1.82) is 0 Å². The van der Waals surface area contributed by atoms with Gasteiger partial charge in [-0.1, -0.05) is 116 Å². The van der Waals surface area contributed by atoms with Crippen molar-refractivity contribution in [2.75, 3.05) is 6.16 Å². The summed E-state index contributed by atoms with van der Waals surface area (Å²) in [6.07, 6.45) is 18.6. The summed E-state index contributed by atoms with van der Waals surface area (Å²) >= 11 is 0. The second-order valence-electron chi connectivity index (χ2n) is 11.5. The Hall–Kier alpha value is -2.92. The number of benzene rings is 3. The van der Waals surface area contributed by atoms with Gasteiger partial charge in [-0.15, -0.1) is 0 Å². The number of rotatable bonds is 9. The van der Waals surface area contributed by atoms with E-state index in [-0.39, 0.29) is 17.8 Å². The van der Waals surface area contributed by atoms with Crippen molar-refractivity contribution in [3.8, 4) is 0 Å². The Kier molecular flexibility index (Phi) is 11.6. The molecule has 40 heavy (non-hydrogen) atoms. The molecule has 0 fully saturated rings. The predicted molar refractivity (Wildman–Crippen MR) is 176 cm³/mol. The van der Waals surface area contributed by atoms with Gasteiger partial charge in [0.15, 0.2) is 0 Å². The third-order valence-corrected chi connectivity index (χ3v) is 12.3. The smallest absolute Gasteiger partial charge is 0.115 e. The summed E-state index contributed by atoms with van der Waals surface area (Å²) in [5.74, 6) is 0. The van der Waals surface area contributed by atoms with E-state index >= 15 is 0 Å². The molecule has 0 spiro atoms. The lowest BCUT2D eigenvalue weighted by atomic mass is 9.72. The quantitative estimate of drug-likeness (QED) is 0.204. The van der Waals surface area contributed by atoms with Gasteiger partial charge >= 0.3 is 0 Å². The van der Waals surface area contributed by atoms with Gasteiger partial charge in [-0.2, -0.15) is 0 Å². The molecule has 1 aliphatic carbocycles. The highest BCUT2D eigenvalue weighted by molar-refractivity contribution is 7.95. The van der Waals surface area contributed by atoms with Crippen molar-refractivity contribution in [2.45, 2.75) is 53.9 Å².